The van der Waals surface area contributed by atoms with Crippen LogP contribution < -0.4 is 5.73 Å². The van der Waals surface area contributed by atoms with Crippen molar-refractivity contribution in [3.8, 4) is 0 Å². The molecule has 0 atom stereocenters. The smallest absolute Gasteiger partial charge is 0.246 e. The molecule has 2 N–H and O–H groups in total. The fourth-order valence-electron chi connectivity index (χ4n) is 1.86. The highest BCUT2D eigenvalue weighted by atomic mass is 35.5. The summed E-state index contributed by atoms with van der Waals surface area (Å²) < 4.78 is 25.9. The highest BCUT2D eigenvalue weighted by Crippen LogP contribution is 2.31. The topological polar surface area (TPSA) is 63.4 Å². The summed E-state index contributed by atoms with van der Waals surface area (Å²) in [6.07, 6.45) is 1.78. The number of anilines is 1. The van der Waals surface area contributed by atoms with Crippen LogP contribution in [0.15, 0.2) is 23.1 Å². The SMILES string of the molecule is Nc1cccc(Cl)c1S(=O)(=O)N1CCCC1. The van der Waals surface area contributed by atoms with E-state index in [1.54, 1.807) is 18.2 Å². The molecule has 0 aliphatic carbocycles. The molecule has 0 spiro atoms. The summed E-state index contributed by atoms with van der Waals surface area (Å²) in [6, 6.07) is 4.73. The van der Waals surface area contributed by atoms with E-state index in [2.05, 4.69) is 0 Å². The lowest BCUT2D eigenvalue weighted by atomic mass is 10.3. The summed E-state index contributed by atoms with van der Waals surface area (Å²) in [5.74, 6) is 0. The molecule has 0 amide bonds. The Morgan fingerprint density at radius 1 is 1.25 bits per heavy atom. The fourth-order valence-corrected chi connectivity index (χ4v) is 4.01. The van der Waals surface area contributed by atoms with Gasteiger partial charge in [-0.05, 0) is 25.0 Å². The van der Waals surface area contributed by atoms with Gasteiger partial charge in [0, 0.05) is 13.1 Å². The van der Waals surface area contributed by atoms with Crippen molar-refractivity contribution in [1.29, 1.82) is 0 Å². The van der Waals surface area contributed by atoms with Gasteiger partial charge in [-0.25, -0.2) is 8.42 Å². The maximum Gasteiger partial charge on any atom is 0.246 e. The van der Waals surface area contributed by atoms with Gasteiger partial charge in [0.2, 0.25) is 10.0 Å². The minimum Gasteiger partial charge on any atom is -0.398 e. The van der Waals surface area contributed by atoms with Crippen LogP contribution in [0.1, 0.15) is 12.8 Å². The van der Waals surface area contributed by atoms with Crippen molar-refractivity contribution >= 4 is 27.3 Å². The van der Waals surface area contributed by atoms with Gasteiger partial charge in [-0.1, -0.05) is 17.7 Å². The molecule has 2 rings (SSSR count). The molecule has 4 nitrogen and oxygen atoms in total. The average Bonchev–Trinajstić information content (AvgIpc) is 2.69. The van der Waals surface area contributed by atoms with Crippen LogP contribution in [-0.4, -0.2) is 25.8 Å². The zero-order chi connectivity index (χ0) is 11.8. The van der Waals surface area contributed by atoms with Crippen molar-refractivity contribution in [1.82, 2.24) is 4.31 Å². The summed E-state index contributed by atoms with van der Waals surface area (Å²) in [6.45, 7) is 1.10. The van der Waals surface area contributed by atoms with Gasteiger partial charge in [-0.2, -0.15) is 4.31 Å². The minimum atomic E-state index is -3.52. The monoisotopic (exact) mass is 260 g/mol. The van der Waals surface area contributed by atoms with E-state index in [0.717, 1.165) is 12.8 Å². The molecule has 0 bridgehead atoms. The Morgan fingerprint density at radius 2 is 1.88 bits per heavy atom. The molecule has 0 saturated carbocycles. The van der Waals surface area contributed by atoms with Gasteiger partial charge < -0.3 is 5.73 Å². The van der Waals surface area contributed by atoms with Crippen molar-refractivity contribution in [2.24, 2.45) is 0 Å². The number of hydrogen-bond donors (Lipinski definition) is 1. The van der Waals surface area contributed by atoms with Gasteiger partial charge >= 0.3 is 0 Å². The number of rotatable bonds is 2. The summed E-state index contributed by atoms with van der Waals surface area (Å²) in [7, 11) is -3.52. The third kappa shape index (κ3) is 1.90. The van der Waals surface area contributed by atoms with Gasteiger partial charge in [0.15, 0.2) is 0 Å². The third-order valence-corrected chi connectivity index (χ3v) is 5.10. The lowest BCUT2D eigenvalue weighted by molar-refractivity contribution is 0.478. The van der Waals surface area contributed by atoms with Crippen LogP contribution in [0.5, 0.6) is 0 Å². The van der Waals surface area contributed by atoms with Gasteiger partial charge in [0.05, 0.1) is 10.7 Å². The van der Waals surface area contributed by atoms with E-state index in [0.29, 0.717) is 13.1 Å². The molecular formula is C10H13ClN2O2S. The van der Waals surface area contributed by atoms with Gasteiger partial charge in [0.1, 0.15) is 4.90 Å². The molecule has 1 aromatic rings. The second-order valence-electron chi connectivity index (χ2n) is 3.77. The lowest BCUT2D eigenvalue weighted by Gasteiger charge is -2.17. The highest BCUT2D eigenvalue weighted by molar-refractivity contribution is 7.89. The average molecular weight is 261 g/mol. The second kappa shape index (κ2) is 4.24. The fraction of sp³-hybridized carbons (Fsp3) is 0.400. The van der Waals surface area contributed by atoms with Crippen molar-refractivity contribution < 1.29 is 8.42 Å². The predicted octanol–water partition coefficient (Wildman–Crippen LogP) is 1.71. The second-order valence-corrected chi connectivity index (χ2v) is 6.05. The summed E-state index contributed by atoms with van der Waals surface area (Å²) >= 11 is 5.91. The molecule has 16 heavy (non-hydrogen) atoms. The van der Waals surface area contributed by atoms with Crippen LogP contribution in [-0.2, 0) is 10.0 Å². The van der Waals surface area contributed by atoms with E-state index in [1.165, 1.54) is 4.31 Å². The minimum absolute atomic E-state index is 0.0403. The summed E-state index contributed by atoms with van der Waals surface area (Å²) in [4.78, 5) is 0.0403. The van der Waals surface area contributed by atoms with Crippen molar-refractivity contribution in [2.75, 3.05) is 18.8 Å². The first-order valence-electron chi connectivity index (χ1n) is 5.07. The number of hydrogen-bond acceptors (Lipinski definition) is 3. The number of benzene rings is 1. The molecule has 1 fully saturated rings. The normalized spacial score (nSPS) is 17.8. The molecule has 0 radical (unpaired) electrons. The largest absolute Gasteiger partial charge is 0.398 e. The maximum atomic E-state index is 12.2. The van der Waals surface area contributed by atoms with Crippen LogP contribution in [0.3, 0.4) is 0 Å². The molecule has 1 aliphatic heterocycles. The predicted molar refractivity (Wildman–Crippen MR) is 63.9 cm³/mol. The third-order valence-electron chi connectivity index (χ3n) is 2.66. The zero-order valence-corrected chi connectivity index (χ0v) is 10.3. The lowest BCUT2D eigenvalue weighted by Crippen LogP contribution is -2.28. The summed E-state index contributed by atoms with van der Waals surface area (Å²) in [5, 5.41) is 0.187. The van der Waals surface area contributed by atoms with E-state index in [-0.39, 0.29) is 15.6 Å². The Morgan fingerprint density at radius 3 is 2.44 bits per heavy atom. The van der Waals surface area contributed by atoms with Crippen molar-refractivity contribution in [2.45, 2.75) is 17.7 Å². The van der Waals surface area contributed by atoms with Crippen LogP contribution in [0.25, 0.3) is 0 Å². The molecular weight excluding hydrogens is 248 g/mol. The van der Waals surface area contributed by atoms with Crippen LogP contribution in [0, 0.1) is 0 Å². The Bertz CT molecular complexity index is 475. The van der Waals surface area contributed by atoms with E-state index in [9.17, 15) is 8.42 Å². The first kappa shape index (κ1) is 11.7. The molecule has 1 aliphatic rings. The van der Waals surface area contributed by atoms with E-state index in [1.807, 2.05) is 0 Å². The number of halogens is 1. The van der Waals surface area contributed by atoms with Gasteiger partial charge in [-0.15, -0.1) is 0 Å². The van der Waals surface area contributed by atoms with E-state index in [4.69, 9.17) is 17.3 Å². The molecule has 0 unspecified atom stereocenters. The summed E-state index contributed by atoms with van der Waals surface area (Å²) in [5.41, 5.74) is 5.89. The molecule has 88 valence electrons. The first-order valence-corrected chi connectivity index (χ1v) is 6.89. The number of sulfonamides is 1. The van der Waals surface area contributed by atoms with Gasteiger partial charge in [0.25, 0.3) is 0 Å². The van der Waals surface area contributed by atoms with Gasteiger partial charge in [-0.3, -0.25) is 0 Å². The maximum absolute atomic E-state index is 12.2. The number of nitrogen functional groups attached to an aromatic ring is 1. The Balaban J connectivity index is 2.50. The first-order chi connectivity index (χ1) is 7.53. The van der Waals surface area contributed by atoms with Crippen LogP contribution in [0.4, 0.5) is 5.69 Å². The Labute approximate surface area is 100 Å². The zero-order valence-electron chi connectivity index (χ0n) is 8.69. The Kier molecular flexibility index (Phi) is 3.10. The quantitative estimate of drug-likeness (QED) is 0.824. The molecule has 1 heterocycles. The van der Waals surface area contributed by atoms with Crippen molar-refractivity contribution in [3.63, 3.8) is 0 Å². The molecule has 1 saturated heterocycles. The number of nitrogens with zero attached hydrogens (tertiary/aromatic N) is 1. The Hall–Kier alpha value is -0.780. The van der Waals surface area contributed by atoms with Crippen molar-refractivity contribution in [3.05, 3.63) is 23.2 Å². The standard InChI is InChI=1S/C10H13ClN2O2S/c11-8-4-3-5-9(12)10(8)16(14,15)13-6-1-2-7-13/h3-5H,1-2,6-7,12H2. The van der Waals surface area contributed by atoms with E-state index >= 15 is 0 Å². The highest BCUT2D eigenvalue weighted by Gasteiger charge is 2.30. The molecule has 0 aromatic heterocycles. The molecule has 1 aromatic carbocycles. The number of nitrogens with two attached hydrogens (primary N) is 1. The van der Waals surface area contributed by atoms with Crippen LogP contribution in [0.2, 0.25) is 5.02 Å². The van der Waals surface area contributed by atoms with Crippen LogP contribution >= 0.6 is 11.6 Å². The van der Waals surface area contributed by atoms with E-state index < -0.39 is 10.0 Å². The molecule has 6 heteroatoms.